The number of ether oxygens (including phenoxy) is 1. The molecular formula is C25H28F9N3O8. The van der Waals surface area contributed by atoms with Crippen LogP contribution in [0.5, 0.6) is 0 Å². The van der Waals surface area contributed by atoms with Gasteiger partial charge < -0.3 is 24.5 Å². The Balaban J connectivity index is 0.000000396. The zero-order valence-electron chi connectivity index (χ0n) is 23.0. The van der Waals surface area contributed by atoms with E-state index in [4.69, 9.17) is 38.9 Å². The minimum Gasteiger partial charge on any atom is -0.475 e. The van der Waals surface area contributed by atoms with Crippen molar-refractivity contribution in [2.45, 2.75) is 44.1 Å². The van der Waals surface area contributed by atoms with Crippen LogP contribution in [-0.4, -0.2) is 105 Å². The van der Waals surface area contributed by atoms with E-state index < -0.39 is 36.4 Å². The maximum atomic E-state index is 10.6. The number of aromatic nitrogens is 1. The average Bonchev–Trinajstić information content (AvgIpc) is 3.35. The van der Waals surface area contributed by atoms with E-state index in [1.54, 1.807) is 6.26 Å². The molecule has 4 rings (SSSR count). The fourth-order valence-corrected chi connectivity index (χ4v) is 3.86. The smallest absolute Gasteiger partial charge is 0.475 e. The molecule has 2 saturated heterocycles. The van der Waals surface area contributed by atoms with Crippen molar-refractivity contribution in [1.82, 2.24) is 14.8 Å². The van der Waals surface area contributed by atoms with Crippen LogP contribution in [0.1, 0.15) is 17.5 Å². The third-order valence-corrected chi connectivity index (χ3v) is 5.88. The molecule has 3 N–H and O–H groups in total. The summed E-state index contributed by atoms with van der Waals surface area (Å²) < 4.78 is 107. The van der Waals surface area contributed by atoms with Gasteiger partial charge in [0.15, 0.2) is 0 Å². The molecule has 2 atom stereocenters. The highest BCUT2D eigenvalue weighted by molar-refractivity contribution is 5.73. The zero-order chi connectivity index (χ0) is 34.4. The van der Waals surface area contributed by atoms with Gasteiger partial charge in [0.25, 0.3) is 0 Å². The second-order valence-corrected chi connectivity index (χ2v) is 9.32. The number of likely N-dealkylation sites (tertiary alicyclic amines) is 1. The normalized spacial score (nSPS) is 19.1. The third-order valence-electron chi connectivity index (χ3n) is 5.88. The van der Waals surface area contributed by atoms with Gasteiger partial charge in [0.2, 0.25) is 0 Å². The number of carboxylic acids is 3. The van der Waals surface area contributed by atoms with E-state index in [-0.39, 0.29) is 0 Å². The van der Waals surface area contributed by atoms with Crippen LogP contribution in [0.15, 0.2) is 47.5 Å². The Kier molecular flexibility index (Phi) is 15.2. The summed E-state index contributed by atoms with van der Waals surface area (Å²) in [5.74, 6) is -7.64. The Morgan fingerprint density at radius 3 is 1.67 bits per heavy atom. The van der Waals surface area contributed by atoms with Gasteiger partial charge in [-0.25, -0.2) is 14.4 Å². The molecule has 20 heteroatoms. The van der Waals surface area contributed by atoms with Gasteiger partial charge in [-0.1, -0.05) is 0 Å². The van der Waals surface area contributed by atoms with Crippen molar-refractivity contribution in [3.8, 4) is 0 Å². The molecule has 2 aliphatic heterocycles. The monoisotopic (exact) mass is 669 g/mol. The highest BCUT2D eigenvalue weighted by atomic mass is 19.4. The predicted octanol–water partition coefficient (Wildman–Crippen LogP) is 4.30. The van der Waals surface area contributed by atoms with Crippen molar-refractivity contribution in [3.63, 3.8) is 0 Å². The molecule has 0 spiro atoms. The van der Waals surface area contributed by atoms with Gasteiger partial charge in [0.05, 0.1) is 25.2 Å². The van der Waals surface area contributed by atoms with Crippen LogP contribution >= 0.6 is 0 Å². The molecule has 2 aromatic rings. The Morgan fingerprint density at radius 2 is 1.22 bits per heavy atom. The van der Waals surface area contributed by atoms with Crippen LogP contribution in [0, 0.1) is 5.92 Å². The van der Waals surface area contributed by atoms with Crippen LogP contribution in [0.25, 0.3) is 0 Å². The molecule has 254 valence electrons. The van der Waals surface area contributed by atoms with Gasteiger partial charge in [-0.2, -0.15) is 39.5 Å². The minimum absolute atomic E-state index is 0.355. The SMILES string of the molecule is O=C(O)C(F)(F)F.O=C(O)C(F)(F)F.O=C(O)C(F)(F)F.c1cc(CN2CCO[C@@H]3CN(Cc4ccoc4)CC[C@@H]3C2)ccn1. The summed E-state index contributed by atoms with van der Waals surface area (Å²) >= 11 is 0. The molecule has 2 fully saturated rings. The lowest BCUT2D eigenvalue weighted by Gasteiger charge is -2.37. The topological polar surface area (TPSA) is 154 Å². The number of hydrogen-bond acceptors (Lipinski definition) is 8. The van der Waals surface area contributed by atoms with Crippen LogP contribution in [-0.2, 0) is 32.2 Å². The molecule has 2 aliphatic rings. The van der Waals surface area contributed by atoms with E-state index in [2.05, 4.69) is 33.0 Å². The van der Waals surface area contributed by atoms with E-state index in [0.29, 0.717) is 12.0 Å². The summed E-state index contributed by atoms with van der Waals surface area (Å²) in [4.78, 5) is 35.8. The zero-order valence-corrected chi connectivity index (χ0v) is 23.0. The first-order valence-corrected chi connectivity index (χ1v) is 12.6. The molecule has 4 heterocycles. The number of nitrogens with zero attached hydrogens (tertiary/aromatic N) is 3. The molecule has 0 amide bonds. The van der Waals surface area contributed by atoms with Gasteiger partial charge in [0.1, 0.15) is 0 Å². The maximum Gasteiger partial charge on any atom is 0.490 e. The Labute approximate surface area is 248 Å². The molecular weight excluding hydrogens is 641 g/mol. The van der Waals surface area contributed by atoms with E-state index in [9.17, 15) is 39.5 Å². The number of alkyl halides is 9. The fourth-order valence-electron chi connectivity index (χ4n) is 3.86. The number of furan rings is 1. The van der Waals surface area contributed by atoms with E-state index in [1.165, 1.54) is 17.5 Å². The third kappa shape index (κ3) is 16.1. The van der Waals surface area contributed by atoms with E-state index in [1.807, 2.05) is 18.7 Å². The number of piperidine rings is 1. The first-order valence-electron chi connectivity index (χ1n) is 12.6. The van der Waals surface area contributed by atoms with Crippen molar-refractivity contribution < 1.29 is 78.4 Å². The van der Waals surface area contributed by atoms with Crippen LogP contribution in [0.4, 0.5) is 39.5 Å². The van der Waals surface area contributed by atoms with Crippen LogP contribution in [0.3, 0.4) is 0 Å². The second kappa shape index (κ2) is 17.5. The second-order valence-electron chi connectivity index (χ2n) is 9.32. The lowest BCUT2D eigenvalue weighted by molar-refractivity contribution is -0.193. The van der Waals surface area contributed by atoms with Crippen LogP contribution < -0.4 is 0 Å². The van der Waals surface area contributed by atoms with E-state index >= 15 is 0 Å². The van der Waals surface area contributed by atoms with E-state index in [0.717, 1.165) is 45.9 Å². The molecule has 0 aliphatic carbocycles. The molecule has 0 aromatic carbocycles. The lowest BCUT2D eigenvalue weighted by atomic mass is 9.93. The lowest BCUT2D eigenvalue weighted by Crippen LogP contribution is -2.46. The standard InChI is InChI=1S/C19H25N3O2.3C2HF3O2/c1-5-20-6-2-16(1)11-22-8-10-24-19-14-21(7-3-18(19)13-22)12-17-4-9-23-15-17;3*3-2(4,5)1(6)7/h1-2,4-6,9,15,18-19H,3,7-8,10-14H2;3*(H,6,7)/t18-,19-;;;/m1.../s1. The van der Waals surface area contributed by atoms with Crippen LogP contribution in [0.2, 0.25) is 0 Å². The van der Waals surface area contributed by atoms with Gasteiger partial charge in [-0.15, -0.1) is 0 Å². The summed E-state index contributed by atoms with van der Waals surface area (Å²) in [5, 5.41) is 21.4. The number of carbonyl (C=O) groups is 3. The minimum atomic E-state index is -5.08. The van der Waals surface area contributed by atoms with Crippen molar-refractivity contribution in [1.29, 1.82) is 0 Å². The number of fused-ring (bicyclic) bond motifs is 1. The highest BCUT2D eigenvalue weighted by Gasteiger charge is 2.39. The van der Waals surface area contributed by atoms with Gasteiger partial charge in [0, 0.05) is 56.6 Å². The summed E-state index contributed by atoms with van der Waals surface area (Å²) in [7, 11) is 0. The Bertz CT molecular complexity index is 1120. The molecule has 0 saturated carbocycles. The first-order chi connectivity index (χ1) is 20.7. The molecule has 2 aromatic heterocycles. The number of halogens is 9. The fraction of sp³-hybridized carbons (Fsp3) is 0.520. The first kappa shape index (κ1) is 39.1. The number of rotatable bonds is 4. The van der Waals surface area contributed by atoms with Gasteiger partial charge >= 0.3 is 36.4 Å². The number of aliphatic carboxylic acids is 3. The molecule has 0 unspecified atom stereocenters. The summed E-state index contributed by atoms with van der Waals surface area (Å²) in [6.45, 7) is 7.09. The summed E-state index contributed by atoms with van der Waals surface area (Å²) in [5.41, 5.74) is 2.59. The molecule has 45 heavy (non-hydrogen) atoms. The molecule has 0 bridgehead atoms. The predicted molar refractivity (Wildman–Crippen MR) is 132 cm³/mol. The van der Waals surface area contributed by atoms with Crippen molar-refractivity contribution in [2.75, 3.05) is 32.8 Å². The van der Waals surface area contributed by atoms with Crippen molar-refractivity contribution >= 4 is 17.9 Å². The Hall–Kier alpha value is -3.91. The van der Waals surface area contributed by atoms with Gasteiger partial charge in [-0.3, -0.25) is 14.8 Å². The maximum absolute atomic E-state index is 10.6. The highest BCUT2D eigenvalue weighted by Crippen LogP contribution is 2.26. The Morgan fingerprint density at radius 1 is 0.756 bits per heavy atom. The van der Waals surface area contributed by atoms with Crippen molar-refractivity contribution in [3.05, 3.63) is 54.2 Å². The summed E-state index contributed by atoms with van der Waals surface area (Å²) in [6.07, 6.45) is -6.34. The van der Waals surface area contributed by atoms with Gasteiger partial charge in [-0.05, 0) is 36.7 Å². The number of hydrogen-bond donors (Lipinski definition) is 3. The van der Waals surface area contributed by atoms with Crippen molar-refractivity contribution in [2.24, 2.45) is 5.92 Å². The molecule has 11 nitrogen and oxygen atoms in total. The summed E-state index contributed by atoms with van der Waals surface area (Å²) in [6, 6.07) is 6.27. The number of pyridine rings is 1. The largest absolute Gasteiger partial charge is 0.490 e. The molecule has 0 radical (unpaired) electrons. The average molecular weight is 669 g/mol. The quantitative estimate of drug-likeness (QED) is 0.400. The number of carboxylic acid groups (broad SMARTS) is 3.